The first kappa shape index (κ1) is 54.4. The van der Waals surface area contributed by atoms with Gasteiger partial charge in [-0.25, -0.2) is 9.97 Å². The summed E-state index contributed by atoms with van der Waals surface area (Å²) in [6, 6.07) is 12.2. The van der Waals surface area contributed by atoms with Crippen molar-refractivity contribution < 1.29 is 39.0 Å². The second-order valence-corrected chi connectivity index (χ2v) is 22.0. The average molecular weight is 987 g/mol. The van der Waals surface area contributed by atoms with E-state index < -0.39 is 47.2 Å². The Balaban J connectivity index is 0.000000258. The van der Waals surface area contributed by atoms with Crippen molar-refractivity contribution in [3.63, 3.8) is 0 Å². The predicted molar refractivity (Wildman–Crippen MR) is 269 cm³/mol. The van der Waals surface area contributed by atoms with Gasteiger partial charge in [-0.2, -0.15) is 0 Å². The highest BCUT2D eigenvalue weighted by Crippen LogP contribution is 2.32. The fraction of sp³-hybridized carbons (Fsp3) is 0.529. The monoisotopic (exact) mass is 986 g/mol. The maximum atomic E-state index is 13.5. The Hall–Kier alpha value is -5.56. The van der Waals surface area contributed by atoms with Crippen LogP contribution in [0.15, 0.2) is 59.6 Å². The Labute approximate surface area is 414 Å². The summed E-state index contributed by atoms with van der Waals surface area (Å²) in [7, 11) is 0. The average Bonchev–Trinajstić information content (AvgIpc) is 4.10. The van der Waals surface area contributed by atoms with Crippen LogP contribution in [0.1, 0.15) is 123 Å². The van der Waals surface area contributed by atoms with Crippen molar-refractivity contribution in [3.05, 3.63) is 82.1 Å². The molecule has 4 aromatic rings. The summed E-state index contributed by atoms with van der Waals surface area (Å²) in [6.07, 6.45) is -1.02. The number of carbonyl (C=O) groups is 6. The highest BCUT2D eigenvalue weighted by atomic mass is 32.1. The van der Waals surface area contributed by atoms with Crippen molar-refractivity contribution in [1.82, 2.24) is 41.0 Å². The minimum Gasteiger partial charge on any atom is -0.391 e. The van der Waals surface area contributed by atoms with E-state index in [1.165, 1.54) is 16.7 Å². The van der Waals surface area contributed by atoms with Crippen molar-refractivity contribution in [2.45, 2.75) is 151 Å². The van der Waals surface area contributed by atoms with Gasteiger partial charge in [-0.15, -0.1) is 22.7 Å². The normalized spacial score (nSPS) is 19.9. The van der Waals surface area contributed by atoms with Crippen LogP contribution in [0.3, 0.4) is 0 Å². The molecule has 16 nitrogen and oxygen atoms in total. The fourth-order valence-corrected chi connectivity index (χ4v) is 10.1. The van der Waals surface area contributed by atoms with Crippen LogP contribution in [0.25, 0.3) is 20.9 Å². The zero-order valence-corrected chi connectivity index (χ0v) is 43.5. The van der Waals surface area contributed by atoms with E-state index in [2.05, 4.69) is 31.2 Å². The van der Waals surface area contributed by atoms with Gasteiger partial charge in [-0.05, 0) is 60.8 Å². The molecule has 0 bridgehead atoms. The van der Waals surface area contributed by atoms with E-state index in [0.29, 0.717) is 0 Å². The number of amides is 6. The molecular formula is C51H70N8O8S2. The van der Waals surface area contributed by atoms with Gasteiger partial charge < -0.3 is 41.3 Å². The van der Waals surface area contributed by atoms with Crippen molar-refractivity contribution in [2.24, 2.45) is 10.8 Å². The van der Waals surface area contributed by atoms with Crippen molar-refractivity contribution in [3.8, 4) is 20.9 Å². The molecule has 0 saturated carbocycles. The number of benzene rings is 2. The number of thiazole rings is 2. The molecule has 0 aliphatic carbocycles. The lowest BCUT2D eigenvalue weighted by molar-refractivity contribution is -0.144. The van der Waals surface area contributed by atoms with E-state index in [1.54, 1.807) is 29.6 Å². The van der Waals surface area contributed by atoms with E-state index in [-0.39, 0.29) is 79.9 Å². The largest absolute Gasteiger partial charge is 0.391 e. The molecule has 6 rings (SSSR count). The Morgan fingerprint density at radius 1 is 0.638 bits per heavy atom. The molecule has 6 N–H and O–H groups in total. The minimum absolute atomic E-state index is 0.0559. The molecule has 0 spiro atoms. The van der Waals surface area contributed by atoms with Gasteiger partial charge in [0.15, 0.2) is 0 Å². The number of nitrogens with one attached hydrogen (secondary N) is 4. The van der Waals surface area contributed by atoms with E-state index in [9.17, 15) is 39.0 Å². The number of likely N-dealkylation sites (tertiary alicyclic amines) is 2. The van der Waals surface area contributed by atoms with E-state index in [4.69, 9.17) is 0 Å². The van der Waals surface area contributed by atoms with E-state index in [1.807, 2.05) is 129 Å². The summed E-state index contributed by atoms with van der Waals surface area (Å²) < 4.78 is 0. The van der Waals surface area contributed by atoms with Crippen LogP contribution in [0.2, 0.25) is 0 Å². The molecule has 69 heavy (non-hydrogen) atoms. The third-order valence-corrected chi connectivity index (χ3v) is 14.4. The molecule has 4 heterocycles. The maximum absolute atomic E-state index is 13.5. The lowest BCUT2D eigenvalue weighted by Gasteiger charge is -2.35. The number of hydrogen-bond acceptors (Lipinski definition) is 12. The van der Waals surface area contributed by atoms with Crippen LogP contribution in [0.5, 0.6) is 0 Å². The van der Waals surface area contributed by atoms with Gasteiger partial charge in [0.1, 0.15) is 24.2 Å². The number of aliphatic hydroxyl groups is 2. The van der Waals surface area contributed by atoms with Crippen LogP contribution in [0.4, 0.5) is 0 Å². The van der Waals surface area contributed by atoms with Gasteiger partial charge in [0.25, 0.3) is 0 Å². The summed E-state index contributed by atoms with van der Waals surface area (Å²) in [5.74, 6) is -1.91. The van der Waals surface area contributed by atoms with Crippen molar-refractivity contribution >= 4 is 58.1 Å². The first-order valence-electron chi connectivity index (χ1n) is 23.5. The molecule has 2 aromatic heterocycles. The van der Waals surface area contributed by atoms with Crippen molar-refractivity contribution in [2.75, 3.05) is 13.1 Å². The molecule has 8 atom stereocenters. The topological polar surface area (TPSA) is 223 Å². The van der Waals surface area contributed by atoms with E-state index >= 15 is 0 Å². The third kappa shape index (κ3) is 13.8. The number of β-amino-alcohol motifs (C(OH)–C–C–N with tert-alkyl or cyclic N) is 2. The summed E-state index contributed by atoms with van der Waals surface area (Å²) in [5, 5.41) is 32.1. The summed E-state index contributed by atoms with van der Waals surface area (Å²) >= 11 is 3.17. The Kier molecular flexibility index (Phi) is 18.1. The quantitative estimate of drug-likeness (QED) is 0.0916. The lowest BCUT2D eigenvalue weighted by Crippen LogP contribution is -2.57. The Morgan fingerprint density at radius 3 is 1.30 bits per heavy atom. The molecular weight excluding hydrogens is 917 g/mol. The molecule has 2 aliphatic rings. The van der Waals surface area contributed by atoms with Gasteiger partial charge in [0.2, 0.25) is 35.4 Å². The molecule has 2 fully saturated rings. The third-order valence-electron chi connectivity index (χ3n) is 12.5. The van der Waals surface area contributed by atoms with Gasteiger partial charge in [-0.3, -0.25) is 28.8 Å². The molecule has 2 aliphatic heterocycles. The molecule has 2 saturated heterocycles. The molecule has 2 aromatic carbocycles. The molecule has 0 radical (unpaired) electrons. The second kappa shape index (κ2) is 22.9. The first-order chi connectivity index (χ1) is 32.3. The number of aryl methyl sites for hydroxylation is 2. The standard InChI is InChI=1S/C26H36N4O4S.C25H34N4O4S/c1-7-21(32)29-23(26(4,5)6)25(34)30-13-19(31)12-20(30)24(33)28-15(2)17-8-10-18(11-9-17)22-16(3)27-14-35-22;1-14(17-7-9-18(10-8-17)21-15(2)26-13-34-21)27-23(32)20-11-19(31)12-29(20)24(33)22(25(4,5)6)28-16(3)30/h8-11,14-15,19-20,23,31H,7,12-13H2,1-6H3,(H,28,33)(H,29,32);7-10,13-14,19-20,22,31H,11-12H2,1-6H3,(H,27,32)(H,28,30)/t15-,19+,20-,23+;14-,19+,20-,22+/m00/s1. The fourth-order valence-electron chi connectivity index (χ4n) is 8.50. The lowest BCUT2D eigenvalue weighted by atomic mass is 9.85. The molecule has 374 valence electrons. The smallest absolute Gasteiger partial charge is 0.246 e. The number of carbonyl (C=O) groups excluding carboxylic acids is 6. The van der Waals surface area contributed by atoms with E-state index in [0.717, 1.165) is 43.4 Å². The first-order valence-corrected chi connectivity index (χ1v) is 25.2. The van der Waals surface area contributed by atoms with Gasteiger partial charge >= 0.3 is 0 Å². The van der Waals surface area contributed by atoms with Crippen LogP contribution >= 0.6 is 22.7 Å². The molecule has 18 heteroatoms. The number of nitrogens with zero attached hydrogens (tertiary/aromatic N) is 4. The maximum Gasteiger partial charge on any atom is 0.246 e. The minimum atomic E-state index is -0.803. The SMILES string of the molecule is CC(=O)N[C@H](C(=O)N1C[C@H](O)C[C@H]1C(=O)N[C@@H](C)c1ccc(-c2scnc2C)cc1)C(C)(C)C.CCC(=O)N[C@H](C(=O)N1C[C@H](O)C[C@H]1C(=O)N[C@@H](C)c1ccc(-c2scnc2C)cc1)C(C)(C)C. The summed E-state index contributed by atoms with van der Waals surface area (Å²) in [5.41, 5.74) is 8.52. The highest BCUT2D eigenvalue weighted by molar-refractivity contribution is 7.13. The summed E-state index contributed by atoms with van der Waals surface area (Å²) in [6.45, 7) is 22.1. The van der Waals surface area contributed by atoms with Crippen molar-refractivity contribution in [1.29, 1.82) is 0 Å². The Morgan fingerprint density at radius 2 is 1.00 bits per heavy atom. The zero-order chi connectivity index (χ0) is 51.1. The highest BCUT2D eigenvalue weighted by Gasteiger charge is 2.46. The predicted octanol–water partition coefficient (Wildman–Crippen LogP) is 6.01. The second-order valence-electron chi connectivity index (χ2n) is 20.2. The molecule has 0 unspecified atom stereocenters. The Bertz CT molecular complexity index is 2440. The van der Waals surface area contributed by atoms with Crippen LogP contribution in [-0.2, 0) is 28.8 Å². The van der Waals surface area contributed by atoms with Gasteiger partial charge in [-0.1, -0.05) is 97.0 Å². The summed E-state index contributed by atoms with van der Waals surface area (Å²) in [4.78, 5) is 90.6. The van der Waals surface area contributed by atoms with Gasteiger partial charge in [0.05, 0.1) is 56.5 Å². The zero-order valence-electron chi connectivity index (χ0n) is 41.9. The van der Waals surface area contributed by atoms with Crippen LogP contribution < -0.4 is 21.3 Å². The number of aromatic nitrogens is 2. The number of rotatable bonds is 13. The van der Waals surface area contributed by atoms with Crippen LogP contribution in [-0.4, -0.2) is 115 Å². The van der Waals surface area contributed by atoms with Crippen LogP contribution in [0, 0.1) is 24.7 Å². The number of aliphatic hydroxyl groups excluding tert-OH is 2. The molecule has 6 amide bonds. The van der Waals surface area contributed by atoms with Gasteiger partial charge in [0, 0.05) is 39.3 Å². The number of hydrogen-bond donors (Lipinski definition) is 6.